The molecule has 1 atom stereocenters. The largest absolute Gasteiger partial charge is 0.353 e. The maximum absolute atomic E-state index is 11.7. The molecule has 0 saturated heterocycles. The number of benzene rings is 1. The van der Waals surface area contributed by atoms with Crippen LogP contribution in [-0.4, -0.2) is 18.5 Å². The second-order valence-electron chi connectivity index (χ2n) is 4.97. The molecular weight excluding hydrogens is 236 g/mol. The van der Waals surface area contributed by atoms with Crippen molar-refractivity contribution in [2.45, 2.75) is 51.5 Å². The summed E-state index contributed by atoms with van der Waals surface area (Å²) in [6, 6.07) is 10.7. The summed E-state index contributed by atoms with van der Waals surface area (Å²) in [5, 5.41) is 3.13. The van der Waals surface area contributed by atoms with Crippen LogP contribution in [0.15, 0.2) is 30.3 Å². The molecule has 1 aromatic rings. The van der Waals surface area contributed by atoms with Crippen molar-refractivity contribution in [3.05, 3.63) is 35.9 Å². The van der Waals surface area contributed by atoms with Crippen LogP contribution in [0.4, 0.5) is 0 Å². The van der Waals surface area contributed by atoms with Gasteiger partial charge in [0.15, 0.2) is 0 Å². The number of carbonyl (C=O) groups excluding carboxylic acids is 1. The average molecular weight is 262 g/mol. The van der Waals surface area contributed by atoms with Crippen LogP contribution in [0.3, 0.4) is 0 Å². The number of hydrogen-bond donors (Lipinski definition) is 2. The van der Waals surface area contributed by atoms with Crippen molar-refractivity contribution in [2.75, 3.05) is 6.54 Å². The topological polar surface area (TPSA) is 55.1 Å². The molecule has 3 heteroatoms. The van der Waals surface area contributed by atoms with Gasteiger partial charge < -0.3 is 11.1 Å². The van der Waals surface area contributed by atoms with Crippen LogP contribution in [0.2, 0.25) is 0 Å². The molecule has 0 bridgehead atoms. The Morgan fingerprint density at radius 3 is 2.63 bits per heavy atom. The Labute approximate surface area is 116 Å². The van der Waals surface area contributed by atoms with Crippen LogP contribution in [-0.2, 0) is 11.2 Å². The van der Waals surface area contributed by atoms with E-state index >= 15 is 0 Å². The zero-order valence-electron chi connectivity index (χ0n) is 11.9. The van der Waals surface area contributed by atoms with Gasteiger partial charge in [0.25, 0.3) is 0 Å². The summed E-state index contributed by atoms with van der Waals surface area (Å²) in [6.45, 7) is 2.73. The first-order valence-corrected chi connectivity index (χ1v) is 7.29. The Bertz CT molecular complexity index is 351. The zero-order chi connectivity index (χ0) is 13.9. The number of nitrogens with one attached hydrogen (secondary N) is 1. The van der Waals surface area contributed by atoms with Gasteiger partial charge in [-0.2, -0.15) is 0 Å². The van der Waals surface area contributed by atoms with Gasteiger partial charge in [-0.25, -0.2) is 0 Å². The van der Waals surface area contributed by atoms with Gasteiger partial charge in [-0.05, 0) is 37.8 Å². The predicted octanol–water partition coefficient (Wildman–Crippen LogP) is 2.64. The first-order valence-electron chi connectivity index (χ1n) is 7.29. The van der Waals surface area contributed by atoms with Crippen molar-refractivity contribution in [3.8, 4) is 0 Å². The van der Waals surface area contributed by atoms with Crippen molar-refractivity contribution in [1.82, 2.24) is 5.32 Å². The van der Waals surface area contributed by atoms with E-state index < -0.39 is 0 Å². The lowest BCUT2D eigenvalue weighted by Gasteiger charge is -2.18. The monoisotopic (exact) mass is 262 g/mol. The van der Waals surface area contributed by atoms with Gasteiger partial charge in [0.2, 0.25) is 5.91 Å². The van der Waals surface area contributed by atoms with Crippen LogP contribution in [0.1, 0.15) is 44.6 Å². The molecule has 3 nitrogen and oxygen atoms in total. The molecule has 0 saturated carbocycles. The quantitative estimate of drug-likeness (QED) is 0.719. The van der Waals surface area contributed by atoms with Gasteiger partial charge in [-0.1, -0.05) is 43.7 Å². The molecule has 1 rings (SSSR count). The maximum Gasteiger partial charge on any atom is 0.220 e. The molecule has 1 amide bonds. The van der Waals surface area contributed by atoms with Gasteiger partial charge in [-0.15, -0.1) is 0 Å². The van der Waals surface area contributed by atoms with Crippen LogP contribution >= 0.6 is 0 Å². The van der Waals surface area contributed by atoms with Crippen molar-refractivity contribution in [2.24, 2.45) is 5.73 Å². The molecular formula is C16H26N2O. The number of carbonyl (C=O) groups is 1. The molecule has 0 aliphatic rings. The lowest BCUT2D eigenvalue weighted by molar-refractivity contribution is -0.121. The highest BCUT2D eigenvalue weighted by Gasteiger charge is 2.11. The van der Waals surface area contributed by atoms with Gasteiger partial charge in [0, 0.05) is 12.5 Å². The van der Waals surface area contributed by atoms with Crippen LogP contribution in [0.5, 0.6) is 0 Å². The van der Waals surface area contributed by atoms with E-state index in [9.17, 15) is 4.79 Å². The summed E-state index contributed by atoms with van der Waals surface area (Å²) in [5.41, 5.74) is 6.75. The normalized spacial score (nSPS) is 12.1. The molecule has 0 spiro atoms. The minimum absolute atomic E-state index is 0.136. The van der Waals surface area contributed by atoms with E-state index in [4.69, 9.17) is 5.73 Å². The summed E-state index contributed by atoms with van der Waals surface area (Å²) < 4.78 is 0. The fourth-order valence-electron chi connectivity index (χ4n) is 2.19. The lowest BCUT2D eigenvalue weighted by Crippen LogP contribution is -2.35. The predicted molar refractivity (Wildman–Crippen MR) is 79.9 cm³/mol. The van der Waals surface area contributed by atoms with E-state index in [0.717, 1.165) is 32.1 Å². The molecule has 1 unspecified atom stereocenters. The third kappa shape index (κ3) is 6.97. The molecule has 0 aliphatic carbocycles. The second kappa shape index (κ2) is 9.56. The Balaban J connectivity index is 2.37. The van der Waals surface area contributed by atoms with E-state index in [2.05, 4.69) is 36.5 Å². The Kier molecular flexibility index (Phi) is 7.91. The number of rotatable bonds is 9. The molecule has 0 aromatic heterocycles. The van der Waals surface area contributed by atoms with Gasteiger partial charge >= 0.3 is 0 Å². The molecule has 0 heterocycles. The van der Waals surface area contributed by atoms with Crippen molar-refractivity contribution in [3.63, 3.8) is 0 Å². The summed E-state index contributed by atoms with van der Waals surface area (Å²) in [7, 11) is 0. The third-order valence-corrected chi connectivity index (χ3v) is 3.23. The van der Waals surface area contributed by atoms with E-state index in [0.29, 0.717) is 13.0 Å². The standard InChI is InChI=1S/C16H26N2O/c1-2-7-15(18-16(19)10-6-13-17)12-11-14-8-4-3-5-9-14/h3-5,8-9,15H,2,6-7,10-13,17H2,1H3,(H,18,19). The van der Waals surface area contributed by atoms with Gasteiger partial charge in [-0.3, -0.25) is 4.79 Å². The van der Waals surface area contributed by atoms with Crippen molar-refractivity contribution < 1.29 is 4.79 Å². The van der Waals surface area contributed by atoms with Crippen LogP contribution in [0.25, 0.3) is 0 Å². The molecule has 3 N–H and O–H groups in total. The molecule has 106 valence electrons. The van der Waals surface area contributed by atoms with Crippen molar-refractivity contribution in [1.29, 1.82) is 0 Å². The average Bonchev–Trinajstić information content (AvgIpc) is 2.44. The Morgan fingerprint density at radius 1 is 1.26 bits per heavy atom. The smallest absolute Gasteiger partial charge is 0.220 e. The minimum Gasteiger partial charge on any atom is -0.353 e. The van der Waals surface area contributed by atoms with Crippen LogP contribution in [0, 0.1) is 0 Å². The van der Waals surface area contributed by atoms with Gasteiger partial charge in [0.1, 0.15) is 0 Å². The summed E-state index contributed by atoms with van der Waals surface area (Å²) >= 11 is 0. The first kappa shape index (κ1) is 15.7. The highest BCUT2D eigenvalue weighted by molar-refractivity contribution is 5.76. The Morgan fingerprint density at radius 2 is 2.00 bits per heavy atom. The van der Waals surface area contributed by atoms with E-state index in [1.165, 1.54) is 5.56 Å². The summed E-state index contributed by atoms with van der Waals surface area (Å²) in [6.07, 6.45) is 5.47. The fourth-order valence-corrected chi connectivity index (χ4v) is 2.19. The second-order valence-corrected chi connectivity index (χ2v) is 4.97. The summed E-state index contributed by atoms with van der Waals surface area (Å²) in [5.74, 6) is 0.136. The van der Waals surface area contributed by atoms with E-state index in [1.807, 2.05) is 6.07 Å². The fraction of sp³-hybridized carbons (Fsp3) is 0.562. The highest BCUT2D eigenvalue weighted by Crippen LogP contribution is 2.09. The molecule has 0 aliphatic heterocycles. The van der Waals surface area contributed by atoms with E-state index in [1.54, 1.807) is 0 Å². The van der Waals surface area contributed by atoms with E-state index in [-0.39, 0.29) is 11.9 Å². The number of amides is 1. The summed E-state index contributed by atoms with van der Waals surface area (Å²) in [4.78, 5) is 11.7. The van der Waals surface area contributed by atoms with Crippen LogP contribution < -0.4 is 11.1 Å². The first-order chi connectivity index (χ1) is 9.26. The highest BCUT2D eigenvalue weighted by atomic mass is 16.1. The minimum atomic E-state index is 0.136. The lowest BCUT2D eigenvalue weighted by atomic mass is 10.0. The number of hydrogen-bond acceptors (Lipinski definition) is 2. The molecule has 0 fully saturated rings. The molecule has 1 aromatic carbocycles. The maximum atomic E-state index is 11.7. The Hall–Kier alpha value is -1.35. The zero-order valence-corrected chi connectivity index (χ0v) is 11.9. The van der Waals surface area contributed by atoms with Crippen molar-refractivity contribution >= 4 is 5.91 Å². The molecule has 19 heavy (non-hydrogen) atoms. The third-order valence-electron chi connectivity index (χ3n) is 3.23. The SMILES string of the molecule is CCCC(CCc1ccccc1)NC(=O)CCCN. The van der Waals surface area contributed by atoms with Gasteiger partial charge in [0.05, 0.1) is 0 Å². The number of aryl methyl sites for hydroxylation is 1. The number of nitrogens with two attached hydrogens (primary N) is 1. The molecule has 0 radical (unpaired) electrons.